The number of ether oxygens (including phenoxy) is 1. The highest BCUT2D eigenvalue weighted by Gasteiger charge is 2.34. The van der Waals surface area contributed by atoms with Gasteiger partial charge in [0.15, 0.2) is 0 Å². The smallest absolute Gasteiger partial charge is 0.311 e. The molecule has 1 aliphatic carbocycles. The first-order chi connectivity index (χ1) is 8.53. The van der Waals surface area contributed by atoms with Gasteiger partial charge >= 0.3 is 5.97 Å². The maximum absolute atomic E-state index is 11.2. The lowest BCUT2D eigenvalue weighted by atomic mass is 9.78. The highest BCUT2D eigenvalue weighted by molar-refractivity contribution is 7.09. The third kappa shape index (κ3) is 2.90. The van der Waals surface area contributed by atoms with Crippen molar-refractivity contribution in [3.63, 3.8) is 0 Å². The second-order valence-corrected chi connectivity index (χ2v) is 6.09. The molecular weight excluding hydrogens is 248 g/mol. The summed E-state index contributed by atoms with van der Waals surface area (Å²) in [5.41, 5.74) is 6.93. The van der Waals surface area contributed by atoms with Crippen LogP contribution in [-0.4, -0.2) is 18.1 Å². The van der Waals surface area contributed by atoms with Crippen molar-refractivity contribution in [2.45, 2.75) is 44.6 Å². The third-order valence-electron chi connectivity index (χ3n) is 3.70. The number of carbonyl (C=O) groups is 1. The topological polar surface area (TPSA) is 65.2 Å². The molecule has 2 N–H and O–H groups in total. The van der Waals surface area contributed by atoms with Gasteiger partial charge in [0.25, 0.3) is 0 Å². The molecule has 1 aliphatic rings. The molecule has 0 bridgehead atoms. The number of nitrogens with zero attached hydrogens (tertiary/aromatic N) is 1. The van der Waals surface area contributed by atoms with Gasteiger partial charge in [-0.3, -0.25) is 4.79 Å². The molecule has 100 valence electrons. The van der Waals surface area contributed by atoms with Gasteiger partial charge in [-0.2, -0.15) is 0 Å². The van der Waals surface area contributed by atoms with Crippen molar-refractivity contribution in [1.82, 2.24) is 4.98 Å². The zero-order valence-electron chi connectivity index (χ0n) is 10.9. The Labute approximate surface area is 112 Å². The summed E-state index contributed by atoms with van der Waals surface area (Å²) in [6, 6.07) is 0. The summed E-state index contributed by atoms with van der Waals surface area (Å²) in [5.74, 6) is 0.506. The molecule has 0 unspecified atom stereocenters. The molecule has 0 atom stereocenters. The van der Waals surface area contributed by atoms with Crippen LogP contribution in [0.1, 0.15) is 43.3 Å². The Hall–Kier alpha value is -0.940. The summed E-state index contributed by atoms with van der Waals surface area (Å²) in [7, 11) is 1.39. The summed E-state index contributed by atoms with van der Waals surface area (Å²) in [6.07, 6.45) is 4.52. The molecule has 0 amide bonds. The monoisotopic (exact) mass is 268 g/mol. The van der Waals surface area contributed by atoms with Crippen molar-refractivity contribution in [2.75, 3.05) is 7.11 Å². The summed E-state index contributed by atoms with van der Waals surface area (Å²) < 4.78 is 4.64. The number of thiazole rings is 1. The lowest BCUT2D eigenvalue weighted by Crippen LogP contribution is -2.40. The van der Waals surface area contributed by atoms with E-state index in [4.69, 9.17) is 5.73 Å². The Balaban J connectivity index is 2.07. The molecule has 1 fully saturated rings. The quantitative estimate of drug-likeness (QED) is 0.854. The van der Waals surface area contributed by atoms with Crippen molar-refractivity contribution in [1.29, 1.82) is 0 Å². The number of aromatic nitrogens is 1. The molecule has 0 saturated heterocycles. The molecule has 4 nitrogen and oxygen atoms in total. The minimum Gasteiger partial charge on any atom is -0.469 e. The van der Waals surface area contributed by atoms with Crippen molar-refractivity contribution >= 4 is 17.3 Å². The average molecular weight is 268 g/mol. The number of nitrogens with two attached hydrogens (primary N) is 1. The molecule has 18 heavy (non-hydrogen) atoms. The fraction of sp³-hybridized carbons (Fsp3) is 0.692. The maximum atomic E-state index is 11.2. The molecule has 0 spiro atoms. The first-order valence-corrected chi connectivity index (χ1v) is 7.22. The normalized spacial score (nSPS) is 28.1. The summed E-state index contributed by atoms with van der Waals surface area (Å²) in [6.45, 7) is 2.27. The minimum absolute atomic E-state index is 0.236. The number of hydrogen-bond donors (Lipinski definition) is 1. The molecule has 1 saturated carbocycles. The van der Waals surface area contributed by atoms with Crippen LogP contribution >= 0.6 is 11.3 Å². The van der Waals surface area contributed by atoms with E-state index in [1.807, 2.05) is 5.38 Å². The molecule has 1 heterocycles. The van der Waals surface area contributed by atoms with E-state index in [-0.39, 0.29) is 17.9 Å². The van der Waals surface area contributed by atoms with Gasteiger partial charge in [-0.15, -0.1) is 11.3 Å². The van der Waals surface area contributed by atoms with Crippen LogP contribution in [-0.2, 0) is 21.5 Å². The Morgan fingerprint density at radius 3 is 2.89 bits per heavy atom. The molecule has 5 heteroatoms. The predicted molar refractivity (Wildman–Crippen MR) is 71.3 cm³/mol. The maximum Gasteiger partial charge on any atom is 0.311 e. The van der Waals surface area contributed by atoms with Crippen LogP contribution in [0.4, 0.5) is 0 Å². The molecule has 1 aromatic heterocycles. The van der Waals surface area contributed by atoms with Crippen molar-refractivity contribution in [3.05, 3.63) is 16.1 Å². The van der Waals surface area contributed by atoms with Gasteiger partial charge < -0.3 is 10.5 Å². The average Bonchev–Trinajstić information content (AvgIpc) is 2.82. The number of methoxy groups -OCH3 is 1. The highest BCUT2D eigenvalue weighted by atomic mass is 32.1. The fourth-order valence-corrected chi connectivity index (χ4v) is 3.32. The summed E-state index contributed by atoms with van der Waals surface area (Å²) in [4.78, 5) is 15.7. The van der Waals surface area contributed by atoms with Crippen molar-refractivity contribution in [2.24, 2.45) is 11.7 Å². The lowest BCUT2D eigenvalue weighted by molar-refractivity contribution is -0.139. The number of rotatable bonds is 3. The van der Waals surface area contributed by atoms with Crippen molar-refractivity contribution in [3.8, 4) is 0 Å². The molecule has 1 aromatic rings. The Kier molecular flexibility index (Phi) is 4.02. The number of esters is 1. The van der Waals surface area contributed by atoms with E-state index in [1.54, 1.807) is 11.3 Å². The predicted octanol–water partition coefficient (Wildman–Crippen LogP) is 2.22. The van der Waals surface area contributed by atoms with Crippen molar-refractivity contribution < 1.29 is 9.53 Å². The molecular formula is C13H20N2O2S. The lowest BCUT2D eigenvalue weighted by Gasteiger charge is -2.34. The van der Waals surface area contributed by atoms with Crippen LogP contribution in [0.2, 0.25) is 0 Å². The van der Waals surface area contributed by atoms with Crippen LogP contribution in [0.5, 0.6) is 0 Å². The van der Waals surface area contributed by atoms with E-state index in [1.165, 1.54) is 7.11 Å². The third-order valence-corrected chi connectivity index (χ3v) is 4.81. The Morgan fingerprint density at radius 1 is 1.61 bits per heavy atom. The van der Waals surface area contributed by atoms with Gasteiger partial charge in [-0.1, -0.05) is 6.92 Å². The van der Waals surface area contributed by atoms with E-state index in [9.17, 15) is 4.79 Å². The van der Waals surface area contributed by atoms with E-state index in [2.05, 4.69) is 16.6 Å². The second kappa shape index (κ2) is 5.36. The van der Waals surface area contributed by atoms with Gasteiger partial charge in [-0.25, -0.2) is 4.98 Å². The van der Waals surface area contributed by atoms with Gasteiger partial charge in [0.2, 0.25) is 0 Å². The second-order valence-electron chi connectivity index (χ2n) is 5.24. The molecule has 2 rings (SSSR count). The fourth-order valence-electron chi connectivity index (χ4n) is 2.33. The van der Waals surface area contributed by atoms with E-state index in [0.717, 1.165) is 42.3 Å². The molecule has 0 aliphatic heterocycles. The van der Waals surface area contributed by atoms with E-state index >= 15 is 0 Å². The molecule has 0 aromatic carbocycles. The van der Waals surface area contributed by atoms with Gasteiger partial charge in [0.1, 0.15) is 5.01 Å². The number of carbonyl (C=O) groups excluding carboxylic acids is 1. The van der Waals surface area contributed by atoms with Crippen LogP contribution in [0.25, 0.3) is 0 Å². The van der Waals surface area contributed by atoms with E-state index < -0.39 is 0 Å². The van der Waals surface area contributed by atoms with Crippen LogP contribution in [0, 0.1) is 5.92 Å². The van der Waals surface area contributed by atoms with Crippen LogP contribution in [0.3, 0.4) is 0 Å². The summed E-state index contributed by atoms with van der Waals surface area (Å²) in [5, 5.41) is 2.88. The van der Waals surface area contributed by atoms with Crippen LogP contribution in [0.15, 0.2) is 5.38 Å². The van der Waals surface area contributed by atoms with Gasteiger partial charge in [-0.05, 0) is 31.6 Å². The zero-order valence-corrected chi connectivity index (χ0v) is 11.8. The zero-order chi connectivity index (χ0) is 13.2. The Bertz CT molecular complexity index is 422. The first kappa shape index (κ1) is 13.5. The highest BCUT2D eigenvalue weighted by Crippen LogP contribution is 2.38. The van der Waals surface area contributed by atoms with E-state index in [0.29, 0.717) is 0 Å². The van der Waals surface area contributed by atoms with Gasteiger partial charge in [0, 0.05) is 5.38 Å². The first-order valence-electron chi connectivity index (χ1n) is 6.34. The van der Waals surface area contributed by atoms with Crippen LogP contribution < -0.4 is 5.73 Å². The Morgan fingerprint density at radius 2 is 2.28 bits per heavy atom. The SMILES string of the molecule is COC(=O)Cc1csc(C2(N)CCC(C)CC2)n1. The minimum atomic E-state index is -0.286. The standard InChI is InChI=1S/C13H20N2O2S/c1-9-3-5-13(14,6-4-9)12-15-10(8-18-12)7-11(16)17-2/h8-9H,3-7,14H2,1-2H3. The largest absolute Gasteiger partial charge is 0.469 e. The molecule has 0 radical (unpaired) electrons. The summed E-state index contributed by atoms with van der Waals surface area (Å²) >= 11 is 1.56. The van der Waals surface area contributed by atoms with Gasteiger partial charge in [0.05, 0.1) is 24.8 Å². The number of hydrogen-bond acceptors (Lipinski definition) is 5.